The highest BCUT2D eigenvalue weighted by Crippen LogP contribution is 2.63. The van der Waals surface area contributed by atoms with Crippen molar-refractivity contribution in [2.45, 2.75) is 56.1 Å². The number of rotatable bonds is 0. The predicted molar refractivity (Wildman–Crippen MR) is 43.9 cm³/mol. The van der Waals surface area contributed by atoms with Crippen molar-refractivity contribution in [1.29, 1.82) is 0 Å². The van der Waals surface area contributed by atoms with Gasteiger partial charge in [0, 0.05) is 6.42 Å². The summed E-state index contributed by atoms with van der Waals surface area (Å²) in [6.07, 6.45) is 7.55. The van der Waals surface area contributed by atoms with Gasteiger partial charge in [-0.25, -0.2) is 0 Å². The van der Waals surface area contributed by atoms with E-state index in [4.69, 9.17) is 4.74 Å². The highest BCUT2D eigenvalue weighted by Gasteiger charge is 2.74. The van der Waals surface area contributed by atoms with Gasteiger partial charge in [-0.15, -0.1) is 0 Å². The van der Waals surface area contributed by atoms with Crippen molar-refractivity contribution < 1.29 is 9.53 Å². The van der Waals surface area contributed by atoms with E-state index in [1.54, 1.807) is 0 Å². The van der Waals surface area contributed by atoms with Gasteiger partial charge >= 0.3 is 0 Å². The Kier molecular flexibility index (Phi) is 1.13. The molecule has 1 saturated heterocycles. The Balaban J connectivity index is 1.97. The smallest absolute Gasteiger partial charge is 0.167 e. The lowest BCUT2D eigenvalue weighted by molar-refractivity contribution is -0.125. The van der Waals surface area contributed by atoms with Crippen molar-refractivity contribution in [3.05, 3.63) is 0 Å². The molecular formula is C10H14O2. The largest absolute Gasteiger partial charge is 0.354 e. The summed E-state index contributed by atoms with van der Waals surface area (Å²) in [5.74, 6) is 0.397. The van der Waals surface area contributed by atoms with Crippen LogP contribution in [0.3, 0.4) is 0 Å². The molecule has 2 unspecified atom stereocenters. The van der Waals surface area contributed by atoms with Crippen LogP contribution < -0.4 is 0 Å². The van der Waals surface area contributed by atoms with Crippen LogP contribution in [0.25, 0.3) is 0 Å². The fourth-order valence-corrected chi connectivity index (χ4v) is 3.19. The molecule has 1 aliphatic heterocycles. The first-order chi connectivity index (χ1) is 5.79. The van der Waals surface area contributed by atoms with Crippen LogP contribution in [-0.4, -0.2) is 17.0 Å². The second kappa shape index (κ2) is 1.92. The Bertz CT molecular complexity index is 244. The average Bonchev–Trinajstić information content (AvgIpc) is 2.75. The van der Waals surface area contributed by atoms with E-state index in [2.05, 4.69) is 0 Å². The third-order valence-electron chi connectivity index (χ3n) is 3.86. The molecule has 2 saturated carbocycles. The summed E-state index contributed by atoms with van der Waals surface area (Å²) in [5.41, 5.74) is -0.218. The molecule has 3 rings (SSSR count). The Labute approximate surface area is 72.3 Å². The van der Waals surface area contributed by atoms with Crippen LogP contribution in [0.2, 0.25) is 0 Å². The summed E-state index contributed by atoms with van der Waals surface area (Å²) in [5, 5.41) is 0. The lowest BCUT2D eigenvalue weighted by Crippen LogP contribution is -2.40. The van der Waals surface area contributed by atoms with Gasteiger partial charge in [0.15, 0.2) is 11.4 Å². The second-order valence-corrected chi connectivity index (χ2v) is 4.41. The molecule has 3 fully saturated rings. The van der Waals surface area contributed by atoms with E-state index in [1.165, 1.54) is 12.8 Å². The minimum absolute atomic E-state index is 0.0422. The first-order valence-electron chi connectivity index (χ1n) is 5.03. The van der Waals surface area contributed by atoms with Crippen molar-refractivity contribution in [1.82, 2.24) is 0 Å². The van der Waals surface area contributed by atoms with Gasteiger partial charge in [0.1, 0.15) is 5.60 Å². The highest BCUT2D eigenvalue weighted by atomic mass is 16.6. The number of Topliss-reactive ketones (excluding diaryl/α,β-unsaturated/α-hetero) is 1. The molecule has 2 heteroatoms. The van der Waals surface area contributed by atoms with E-state index < -0.39 is 0 Å². The standard InChI is InChI=1S/C10H14O2/c11-8-4-3-6-9-5-1-2-7-10(8,9)12-9/h1-7H2. The molecule has 0 radical (unpaired) electrons. The van der Waals surface area contributed by atoms with E-state index in [9.17, 15) is 4.79 Å². The summed E-state index contributed by atoms with van der Waals surface area (Å²) in [6.45, 7) is 0. The van der Waals surface area contributed by atoms with Crippen LogP contribution in [0.1, 0.15) is 44.9 Å². The first kappa shape index (κ1) is 7.07. The molecule has 2 aliphatic carbocycles. The van der Waals surface area contributed by atoms with E-state index in [0.717, 1.165) is 32.1 Å². The SMILES string of the molecule is O=C1CCCC23CCCCC12O3. The number of carbonyl (C=O) groups excluding carboxylic acids is 1. The predicted octanol–water partition coefficient (Wildman–Crippen LogP) is 1.82. The molecule has 2 nitrogen and oxygen atoms in total. The van der Waals surface area contributed by atoms with Gasteiger partial charge in [0.25, 0.3) is 0 Å². The van der Waals surface area contributed by atoms with Crippen LogP contribution in [-0.2, 0) is 9.53 Å². The molecule has 2 atom stereocenters. The Morgan fingerprint density at radius 1 is 1.08 bits per heavy atom. The van der Waals surface area contributed by atoms with Crippen molar-refractivity contribution in [2.24, 2.45) is 0 Å². The Morgan fingerprint density at radius 2 is 1.83 bits per heavy atom. The summed E-state index contributed by atoms with van der Waals surface area (Å²) < 4.78 is 5.78. The molecule has 0 N–H and O–H groups in total. The highest BCUT2D eigenvalue weighted by molar-refractivity contribution is 5.93. The molecule has 0 aromatic heterocycles. The van der Waals surface area contributed by atoms with E-state index in [-0.39, 0.29) is 11.2 Å². The van der Waals surface area contributed by atoms with Crippen molar-refractivity contribution in [3.8, 4) is 0 Å². The van der Waals surface area contributed by atoms with Crippen molar-refractivity contribution in [2.75, 3.05) is 0 Å². The zero-order valence-corrected chi connectivity index (χ0v) is 7.27. The second-order valence-electron chi connectivity index (χ2n) is 4.41. The fourth-order valence-electron chi connectivity index (χ4n) is 3.19. The number of hydrogen-bond donors (Lipinski definition) is 0. The maximum atomic E-state index is 11.7. The summed E-state index contributed by atoms with van der Waals surface area (Å²) in [4.78, 5) is 11.7. The van der Waals surface area contributed by atoms with E-state index >= 15 is 0 Å². The first-order valence-corrected chi connectivity index (χ1v) is 5.03. The topological polar surface area (TPSA) is 29.6 Å². The molecule has 0 spiro atoms. The maximum absolute atomic E-state index is 11.7. The van der Waals surface area contributed by atoms with Gasteiger partial charge in [-0.05, 0) is 32.1 Å². The number of epoxide rings is 1. The molecule has 3 aliphatic rings. The summed E-state index contributed by atoms with van der Waals surface area (Å²) >= 11 is 0. The lowest BCUT2D eigenvalue weighted by atomic mass is 9.70. The Hall–Kier alpha value is -0.370. The molecule has 0 bridgehead atoms. The summed E-state index contributed by atoms with van der Waals surface area (Å²) in [6, 6.07) is 0. The molecule has 0 aromatic carbocycles. The van der Waals surface area contributed by atoms with Crippen LogP contribution in [0, 0.1) is 0 Å². The molecule has 66 valence electrons. The van der Waals surface area contributed by atoms with E-state index in [1.807, 2.05) is 0 Å². The third kappa shape index (κ3) is 0.598. The molecular weight excluding hydrogens is 152 g/mol. The minimum atomic E-state index is -0.260. The monoisotopic (exact) mass is 166 g/mol. The van der Waals surface area contributed by atoms with Gasteiger partial charge in [-0.2, -0.15) is 0 Å². The molecule has 12 heavy (non-hydrogen) atoms. The maximum Gasteiger partial charge on any atom is 0.167 e. The zero-order chi connectivity index (χ0) is 8.23. The van der Waals surface area contributed by atoms with E-state index in [0.29, 0.717) is 5.78 Å². The van der Waals surface area contributed by atoms with Crippen LogP contribution in [0.5, 0.6) is 0 Å². The van der Waals surface area contributed by atoms with Gasteiger partial charge in [0.2, 0.25) is 0 Å². The van der Waals surface area contributed by atoms with Gasteiger partial charge in [-0.3, -0.25) is 4.79 Å². The fraction of sp³-hybridized carbons (Fsp3) is 0.900. The van der Waals surface area contributed by atoms with Gasteiger partial charge in [0.05, 0.1) is 0 Å². The van der Waals surface area contributed by atoms with Gasteiger partial charge < -0.3 is 4.74 Å². The van der Waals surface area contributed by atoms with Crippen LogP contribution >= 0.6 is 0 Å². The van der Waals surface area contributed by atoms with Crippen LogP contribution in [0.15, 0.2) is 0 Å². The van der Waals surface area contributed by atoms with Gasteiger partial charge in [-0.1, -0.05) is 6.42 Å². The lowest BCUT2D eigenvalue weighted by Gasteiger charge is -2.27. The summed E-state index contributed by atoms with van der Waals surface area (Å²) in [7, 11) is 0. The molecule has 1 heterocycles. The Morgan fingerprint density at radius 3 is 2.67 bits per heavy atom. The normalized spacial score (nSPS) is 51.2. The van der Waals surface area contributed by atoms with Crippen molar-refractivity contribution >= 4 is 5.78 Å². The number of carbonyl (C=O) groups is 1. The minimum Gasteiger partial charge on any atom is -0.354 e. The number of hydrogen-bond acceptors (Lipinski definition) is 2. The number of ether oxygens (including phenoxy) is 1. The van der Waals surface area contributed by atoms with Crippen LogP contribution in [0.4, 0.5) is 0 Å². The van der Waals surface area contributed by atoms with Crippen molar-refractivity contribution in [3.63, 3.8) is 0 Å². The average molecular weight is 166 g/mol. The molecule has 0 aromatic rings. The third-order valence-corrected chi connectivity index (χ3v) is 3.86. The zero-order valence-electron chi connectivity index (χ0n) is 7.27. The number of ketones is 1. The quantitative estimate of drug-likeness (QED) is 0.514. The molecule has 0 amide bonds.